The Labute approximate surface area is 150 Å². The predicted octanol–water partition coefficient (Wildman–Crippen LogP) is 1.90. The van der Waals surface area contributed by atoms with Gasteiger partial charge in [-0.1, -0.05) is 0 Å². The van der Waals surface area contributed by atoms with Gasteiger partial charge in [0.2, 0.25) is 5.91 Å². The maximum atomic E-state index is 12.1. The Bertz CT molecular complexity index is 654. The molecule has 1 amide bonds. The number of aliphatic carboxylic acids is 1. The number of hydrogen-bond acceptors (Lipinski definition) is 6. The first-order valence-corrected chi connectivity index (χ1v) is 7.51. The summed E-state index contributed by atoms with van der Waals surface area (Å²) >= 11 is 0. The minimum atomic E-state index is -0.881. The van der Waals surface area contributed by atoms with Crippen LogP contribution in [0.2, 0.25) is 0 Å². The summed E-state index contributed by atoms with van der Waals surface area (Å²) in [6, 6.07) is 3.38. The smallest absolute Gasteiger partial charge is 0.320 e. The van der Waals surface area contributed by atoms with Crippen molar-refractivity contribution < 1.29 is 24.4 Å². The predicted molar refractivity (Wildman–Crippen MR) is 92.4 cm³/mol. The van der Waals surface area contributed by atoms with Gasteiger partial charge in [0.15, 0.2) is 0 Å². The summed E-state index contributed by atoms with van der Waals surface area (Å²) in [7, 11) is 1.40. The molecule has 2 N–H and O–H groups in total. The zero-order valence-corrected chi connectivity index (χ0v) is 14.5. The molecule has 1 aromatic rings. The van der Waals surface area contributed by atoms with Gasteiger partial charge in [0.25, 0.3) is 5.69 Å². The van der Waals surface area contributed by atoms with E-state index >= 15 is 0 Å². The average molecular weight is 374 g/mol. The summed E-state index contributed by atoms with van der Waals surface area (Å²) in [5.74, 6) is -0.920. The number of halogens is 1. The lowest BCUT2D eigenvalue weighted by atomic mass is 10.2. The van der Waals surface area contributed by atoms with Gasteiger partial charge in [0.05, 0.1) is 17.7 Å². The molecule has 1 atom stereocenters. The largest absolute Gasteiger partial charge is 0.495 e. The van der Waals surface area contributed by atoms with Crippen molar-refractivity contribution in [3.8, 4) is 5.75 Å². The topological polar surface area (TPSA) is 122 Å². The summed E-state index contributed by atoms with van der Waals surface area (Å²) in [6.45, 7) is 0.963. The number of anilines is 1. The number of benzene rings is 1. The van der Waals surface area contributed by atoms with Gasteiger partial charge in [-0.05, 0) is 25.5 Å². The summed E-state index contributed by atoms with van der Waals surface area (Å²) < 4.78 is 5.08. The Kier molecular flexibility index (Phi) is 7.59. The summed E-state index contributed by atoms with van der Waals surface area (Å²) in [5, 5.41) is 22.5. The molecule has 0 aromatic heterocycles. The fourth-order valence-corrected chi connectivity index (χ4v) is 2.74. The first-order valence-electron chi connectivity index (χ1n) is 7.51. The van der Waals surface area contributed by atoms with E-state index in [2.05, 4.69) is 5.32 Å². The molecule has 1 fully saturated rings. The molecule has 0 spiro atoms. The van der Waals surface area contributed by atoms with Crippen LogP contribution in [0.4, 0.5) is 11.4 Å². The normalized spacial score (nSPS) is 16.8. The van der Waals surface area contributed by atoms with Gasteiger partial charge in [-0.2, -0.15) is 0 Å². The highest BCUT2D eigenvalue weighted by molar-refractivity contribution is 5.92. The molecule has 1 aliphatic heterocycles. The number of amides is 1. The lowest BCUT2D eigenvalue weighted by Crippen LogP contribution is -2.37. The zero-order chi connectivity index (χ0) is 17.7. The fraction of sp³-hybridized carbons (Fsp3) is 0.467. The zero-order valence-electron chi connectivity index (χ0n) is 13.6. The second-order valence-corrected chi connectivity index (χ2v) is 5.47. The van der Waals surface area contributed by atoms with Crippen LogP contribution >= 0.6 is 12.4 Å². The molecule has 25 heavy (non-hydrogen) atoms. The van der Waals surface area contributed by atoms with E-state index in [9.17, 15) is 19.7 Å². The van der Waals surface area contributed by atoms with Gasteiger partial charge in [0.1, 0.15) is 11.8 Å². The Hall–Kier alpha value is -2.39. The number of carbonyl (C=O) groups is 2. The molecule has 1 heterocycles. The van der Waals surface area contributed by atoms with E-state index in [0.29, 0.717) is 25.3 Å². The van der Waals surface area contributed by atoms with Gasteiger partial charge in [-0.15, -0.1) is 12.4 Å². The van der Waals surface area contributed by atoms with Crippen LogP contribution in [0.1, 0.15) is 19.3 Å². The van der Waals surface area contributed by atoms with E-state index in [-0.39, 0.29) is 36.1 Å². The Balaban J connectivity index is 0.00000312. The molecular weight excluding hydrogens is 354 g/mol. The molecule has 1 aliphatic rings. The lowest BCUT2D eigenvalue weighted by Gasteiger charge is -2.20. The lowest BCUT2D eigenvalue weighted by molar-refractivity contribution is -0.384. The van der Waals surface area contributed by atoms with Gasteiger partial charge >= 0.3 is 5.97 Å². The van der Waals surface area contributed by atoms with Crippen LogP contribution in [-0.4, -0.2) is 53.0 Å². The van der Waals surface area contributed by atoms with Crippen LogP contribution in [0.15, 0.2) is 18.2 Å². The van der Waals surface area contributed by atoms with E-state index in [0.717, 1.165) is 6.42 Å². The maximum absolute atomic E-state index is 12.1. The molecule has 1 saturated heterocycles. The van der Waals surface area contributed by atoms with Crippen molar-refractivity contribution in [2.75, 3.05) is 25.5 Å². The second-order valence-electron chi connectivity index (χ2n) is 5.47. The minimum absolute atomic E-state index is 0. The van der Waals surface area contributed by atoms with Crippen molar-refractivity contribution >= 4 is 35.7 Å². The number of rotatable bonds is 7. The number of carboxylic acids is 1. The number of nitrogens with zero attached hydrogens (tertiary/aromatic N) is 2. The van der Waals surface area contributed by atoms with Crippen molar-refractivity contribution in [1.29, 1.82) is 0 Å². The quantitative estimate of drug-likeness (QED) is 0.552. The molecule has 0 aliphatic carbocycles. The van der Waals surface area contributed by atoms with E-state index in [1.807, 2.05) is 0 Å². The number of methoxy groups -OCH3 is 1. The molecular formula is C15H20ClN3O6. The number of nitro benzene ring substituents is 1. The molecule has 10 heteroatoms. The molecule has 9 nitrogen and oxygen atoms in total. The van der Waals surface area contributed by atoms with Crippen LogP contribution in [0.25, 0.3) is 0 Å². The average Bonchev–Trinajstić information content (AvgIpc) is 3.01. The Morgan fingerprint density at radius 2 is 2.20 bits per heavy atom. The van der Waals surface area contributed by atoms with E-state index in [1.165, 1.54) is 25.3 Å². The first kappa shape index (κ1) is 20.7. The molecule has 0 radical (unpaired) electrons. The molecule has 0 saturated carbocycles. The third-order valence-electron chi connectivity index (χ3n) is 3.94. The molecule has 0 unspecified atom stereocenters. The third kappa shape index (κ3) is 5.30. The van der Waals surface area contributed by atoms with Crippen molar-refractivity contribution in [3.63, 3.8) is 0 Å². The standard InChI is InChI=1S/C15H19N3O6.ClH/c1-24-13-5-4-10(18(22)23)9-11(13)16-14(19)6-8-17-7-2-3-12(17)15(20)21;/h4-5,9,12H,2-3,6-8H2,1H3,(H,16,19)(H,20,21);1H/t12-;/m0./s1. The molecule has 1 aromatic carbocycles. The van der Waals surface area contributed by atoms with E-state index in [1.54, 1.807) is 4.90 Å². The van der Waals surface area contributed by atoms with Crippen LogP contribution in [0.5, 0.6) is 5.75 Å². The Morgan fingerprint density at radius 3 is 2.80 bits per heavy atom. The summed E-state index contributed by atoms with van der Waals surface area (Å²) in [5.41, 5.74) is 0.0597. The number of likely N-dealkylation sites (tertiary alicyclic amines) is 1. The molecule has 2 rings (SSSR count). The Morgan fingerprint density at radius 1 is 1.48 bits per heavy atom. The monoisotopic (exact) mass is 373 g/mol. The summed E-state index contributed by atoms with van der Waals surface area (Å²) in [4.78, 5) is 35.2. The van der Waals surface area contributed by atoms with Crippen molar-refractivity contribution in [2.45, 2.75) is 25.3 Å². The fourth-order valence-electron chi connectivity index (χ4n) is 2.74. The number of ether oxygens (including phenoxy) is 1. The third-order valence-corrected chi connectivity index (χ3v) is 3.94. The van der Waals surface area contributed by atoms with Crippen molar-refractivity contribution in [1.82, 2.24) is 4.90 Å². The maximum Gasteiger partial charge on any atom is 0.320 e. The number of carbonyl (C=O) groups excluding carboxylic acids is 1. The number of carboxylic acid groups (broad SMARTS) is 1. The summed E-state index contributed by atoms with van der Waals surface area (Å²) in [6.07, 6.45) is 1.46. The first-order chi connectivity index (χ1) is 11.4. The van der Waals surface area contributed by atoms with Crippen molar-refractivity contribution in [3.05, 3.63) is 28.3 Å². The van der Waals surface area contributed by atoms with E-state index < -0.39 is 16.9 Å². The SMILES string of the molecule is COc1ccc([N+](=O)[O-])cc1NC(=O)CCN1CCC[C@H]1C(=O)O.Cl. The van der Waals surface area contributed by atoms with Crippen LogP contribution < -0.4 is 10.1 Å². The van der Waals surface area contributed by atoms with E-state index in [4.69, 9.17) is 9.84 Å². The van der Waals surface area contributed by atoms with Crippen LogP contribution in [-0.2, 0) is 9.59 Å². The number of non-ortho nitro benzene ring substituents is 1. The highest BCUT2D eigenvalue weighted by atomic mass is 35.5. The number of nitrogens with one attached hydrogen (secondary N) is 1. The van der Waals surface area contributed by atoms with Gasteiger partial charge < -0.3 is 15.2 Å². The van der Waals surface area contributed by atoms with Gasteiger partial charge in [0, 0.05) is 25.1 Å². The van der Waals surface area contributed by atoms with Crippen LogP contribution in [0, 0.1) is 10.1 Å². The second kappa shape index (κ2) is 9.19. The minimum Gasteiger partial charge on any atom is -0.495 e. The molecule has 138 valence electrons. The van der Waals surface area contributed by atoms with Crippen LogP contribution in [0.3, 0.4) is 0 Å². The van der Waals surface area contributed by atoms with Crippen molar-refractivity contribution in [2.24, 2.45) is 0 Å². The number of hydrogen-bond donors (Lipinski definition) is 2. The van der Waals surface area contributed by atoms with Gasteiger partial charge in [-0.3, -0.25) is 24.6 Å². The van der Waals surface area contributed by atoms with Gasteiger partial charge in [-0.25, -0.2) is 0 Å². The number of nitro groups is 1. The highest BCUT2D eigenvalue weighted by Crippen LogP contribution is 2.29. The highest BCUT2D eigenvalue weighted by Gasteiger charge is 2.30. The molecule has 0 bridgehead atoms.